The molecule has 1 amide bonds. The van der Waals surface area contributed by atoms with E-state index in [1.54, 1.807) is 0 Å². The normalized spacial score (nSPS) is 17.1. The highest BCUT2D eigenvalue weighted by atomic mass is 16.3. The number of aliphatic hydroxyl groups is 1. The third kappa shape index (κ3) is 3.19. The lowest BCUT2D eigenvalue weighted by Crippen LogP contribution is -2.46. The maximum absolute atomic E-state index is 12.6. The molecule has 110 valence electrons. The lowest BCUT2D eigenvalue weighted by molar-refractivity contribution is 0.0885. The fraction of sp³-hybridized carbons (Fsp3) is 0.562. The minimum atomic E-state index is -0.346. The smallest absolute Gasteiger partial charge is 0.251 e. The first-order chi connectivity index (χ1) is 9.59. The number of nitrogens with one attached hydrogen (secondary N) is 2. The zero-order valence-corrected chi connectivity index (χ0v) is 12.3. The number of fused-ring (bicyclic) bond motifs is 1. The van der Waals surface area contributed by atoms with Crippen LogP contribution >= 0.6 is 0 Å². The molecular formula is C16H24N2O2. The second kappa shape index (κ2) is 6.37. The van der Waals surface area contributed by atoms with E-state index in [4.69, 9.17) is 5.11 Å². The van der Waals surface area contributed by atoms with E-state index in [0.29, 0.717) is 6.42 Å². The average Bonchev–Trinajstić information content (AvgIpc) is 2.46. The van der Waals surface area contributed by atoms with E-state index in [2.05, 4.69) is 16.7 Å². The second-order valence-corrected chi connectivity index (χ2v) is 5.71. The van der Waals surface area contributed by atoms with Crippen molar-refractivity contribution in [3.8, 4) is 0 Å². The van der Waals surface area contributed by atoms with Crippen molar-refractivity contribution < 1.29 is 9.90 Å². The van der Waals surface area contributed by atoms with Gasteiger partial charge in [0.05, 0.1) is 0 Å². The molecule has 1 aliphatic rings. The van der Waals surface area contributed by atoms with Gasteiger partial charge in [0.1, 0.15) is 0 Å². The molecule has 2 rings (SSSR count). The summed E-state index contributed by atoms with van der Waals surface area (Å²) < 4.78 is 0. The number of carbonyl (C=O) groups excluding carboxylic acids is 1. The highest BCUT2D eigenvalue weighted by molar-refractivity contribution is 5.96. The van der Waals surface area contributed by atoms with Crippen molar-refractivity contribution >= 4 is 5.91 Å². The number of amides is 1. The summed E-state index contributed by atoms with van der Waals surface area (Å²) in [5.74, 6) is -0.0263. The van der Waals surface area contributed by atoms with Gasteiger partial charge >= 0.3 is 0 Å². The van der Waals surface area contributed by atoms with E-state index < -0.39 is 0 Å². The molecular weight excluding hydrogens is 252 g/mol. The molecule has 0 bridgehead atoms. The van der Waals surface area contributed by atoms with Crippen LogP contribution in [0.5, 0.6) is 0 Å². The Balaban J connectivity index is 2.21. The van der Waals surface area contributed by atoms with Crippen LogP contribution in [0.25, 0.3) is 0 Å². The quantitative estimate of drug-likeness (QED) is 0.766. The second-order valence-electron chi connectivity index (χ2n) is 5.71. The summed E-state index contributed by atoms with van der Waals surface area (Å²) in [5.41, 5.74) is 2.80. The van der Waals surface area contributed by atoms with Gasteiger partial charge in [0, 0.05) is 24.3 Å². The zero-order valence-electron chi connectivity index (χ0n) is 12.3. The molecule has 4 nitrogen and oxygen atoms in total. The molecule has 0 aromatic heterocycles. The number of benzene rings is 1. The summed E-state index contributed by atoms with van der Waals surface area (Å²) >= 11 is 0. The van der Waals surface area contributed by atoms with Gasteiger partial charge in [0.2, 0.25) is 0 Å². The zero-order chi connectivity index (χ0) is 14.6. The number of hydrogen-bond donors (Lipinski definition) is 3. The van der Waals surface area contributed by atoms with Crippen LogP contribution in [0, 0.1) is 0 Å². The van der Waals surface area contributed by atoms with Crippen molar-refractivity contribution in [1.29, 1.82) is 0 Å². The molecule has 4 heteroatoms. The summed E-state index contributed by atoms with van der Waals surface area (Å²) in [6.07, 6.45) is 2.27. The molecule has 1 aromatic carbocycles. The van der Waals surface area contributed by atoms with Crippen molar-refractivity contribution in [2.45, 2.75) is 45.2 Å². The Bertz CT molecular complexity index is 487. The van der Waals surface area contributed by atoms with Crippen LogP contribution in [-0.4, -0.2) is 29.7 Å². The summed E-state index contributed by atoms with van der Waals surface area (Å²) in [7, 11) is 0. The molecule has 0 saturated carbocycles. The maximum Gasteiger partial charge on any atom is 0.251 e. The molecule has 0 radical (unpaired) electrons. The Morgan fingerprint density at radius 1 is 1.50 bits per heavy atom. The minimum absolute atomic E-state index is 0.0263. The van der Waals surface area contributed by atoms with Gasteiger partial charge in [-0.25, -0.2) is 0 Å². The van der Waals surface area contributed by atoms with Crippen LogP contribution in [-0.2, 0) is 13.0 Å². The van der Waals surface area contributed by atoms with Crippen LogP contribution in [0.1, 0.15) is 48.2 Å². The first-order valence-electron chi connectivity index (χ1n) is 7.34. The van der Waals surface area contributed by atoms with Gasteiger partial charge in [-0.1, -0.05) is 19.1 Å². The summed E-state index contributed by atoms with van der Waals surface area (Å²) in [5, 5.41) is 15.6. The van der Waals surface area contributed by atoms with Crippen LogP contribution in [0.4, 0.5) is 0 Å². The predicted octanol–water partition coefficient (Wildman–Crippen LogP) is 1.61. The minimum Gasteiger partial charge on any atom is -0.396 e. The van der Waals surface area contributed by atoms with Crippen molar-refractivity contribution in [2.75, 3.05) is 13.2 Å². The summed E-state index contributed by atoms with van der Waals surface area (Å²) in [4.78, 5) is 12.6. The molecule has 1 unspecified atom stereocenters. The Morgan fingerprint density at radius 2 is 2.30 bits per heavy atom. The molecule has 1 heterocycles. The van der Waals surface area contributed by atoms with Crippen molar-refractivity contribution in [2.24, 2.45) is 0 Å². The standard InChI is InChI=1S/C16H24N2O2/c1-3-16(2,8-10-19)18-15(20)14-6-4-5-12-11-17-9-7-13(12)14/h4-6,17,19H,3,7-11H2,1-2H3,(H,18,20). The fourth-order valence-corrected chi connectivity index (χ4v) is 2.66. The molecule has 20 heavy (non-hydrogen) atoms. The highest BCUT2D eigenvalue weighted by Crippen LogP contribution is 2.21. The van der Waals surface area contributed by atoms with Gasteiger partial charge in [-0.15, -0.1) is 0 Å². The van der Waals surface area contributed by atoms with Crippen molar-refractivity contribution in [3.05, 3.63) is 34.9 Å². The van der Waals surface area contributed by atoms with Gasteiger partial charge < -0.3 is 15.7 Å². The predicted molar refractivity (Wildman–Crippen MR) is 79.7 cm³/mol. The highest BCUT2D eigenvalue weighted by Gasteiger charge is 2.26. The monoisotopic (exact) mass is 276 g/mol. The first kappa shape index (κ1) is 15.0. The molecule has 0 aliphatic carbocycles. The van der Waals surface area contributed by atoms with Gasteiger partial charge in [0.15, 0.2) is 0 Å². The summed E-state index contributed by atoms with van der Waals surface area (Å²) in [6.45, 7) is 5.84. The van der Waals surface area contributed by atoms with E-state index in [1.807, 2.05) is 26.0 Å². The Hall–Kier alpha value is -1.39. The first-order valence-corrected chi connectivity index (χ1v) is 7.34. The van der Waals surface area contributed by atoms with Gasteiger partial charge in [-0.2, -0.15) is 0 Å². The topological polar surface area (TPSA) is 61.4 Å². The van der Waals surface area contributed by atoms with Gasteiger partial charge in [-0.05, 0) is 49.9 Å². The largest absolute Gasteiger partial charge is 0.396 e. The fourth-order valence-electron chi connectivity index (χ4n) is 2.66. The third-order valence-electron chi connectivity index (χ3n) is 4.24. The Labute approximate surface area is 120 Å². The summed E-state index contributed by atoms with van der Waals surface area (Å²) in [6, 6.07) is 5.91. The molecule has 1 aromatic rings. The number of carbonyl (C=O) groups is 1. The van der Waals surface area contributed by atoms with E-state index in [9.17, 15) is 4.79 Å². The molecule has 3 N–H and O–H groups in total. The van der Waals surface area contributed by atoms with E-state index in [1.165, 1.54) is 5.56 Å². The van der Waals surface area contributed by atoms with E-state index in [0.717, 1.165) is 37.1 Å². The Kier molecular flexibility index (Phi) is 4.78. The molecule has 0 spiro atoms. The third-order valence-corrected chi connectivity index (χ3v) is 4.24. The van der Waals surface area contributed by atoms with Crippen LogP contribution in [0.3, 0.4) is 0 Å². The number of rotatable bonds is 5. The number of aliphatic hydroxyl groups excluding tert-OH is 1. The van der Waals surface area contributed by atoms with Crippen molar-refractivity contribution in [3.63, 3.8) is 0 Å². The lowest BCUT2D eigenvalue weighted by atomic mass is 9.92. The van der Waals surface area contributed by atoms with Gasteiger partial charge in [-0.3, -0.25) is 4.79 Å². The van der Waals surface area contributed by atoms with Gasteiger partial charge in [0.25, 0.3) is 5.91 Å². The van der Waals surface area contributed by atoms with E-state index in [-0.39, 0.29) is 18.1 Å². The van der Waals surface area contributed by atoms with Crippen molar-refractivity contribution in [1.82, 2.24) is 10.6 Å². The number of hydrogen-bond acceptors (Lipinski definition) is 3. The molecule has 1 atom stereocenters. The maximum atomic E-state index is 12.6. The lowest BCUT2D eigenvalue weighted by Gasteiger charge is -2.30. The molecule has 0 saturated heterocycles. The van der Waals surface area contributed by atoms with Crippen LogP contribution in [0.2, 0.25) is 0 Å². The Morgan fingerprint density at radius 3 is 3.00 bits per heavy atom. The SMILES string of the molecule is CCC(C)(CCO)NC(=O)c1cccc2c1CCNC2. The van der Waals surface area contributed by atoms with E-state index >= 15 is 0 Å². The van der Waals surface area contributed by atoms with Crippen LogP contribution < -0.4 is 10.6 Å². The molecule has 1 aliphatic heterocycles. The average molecular weight is 276 g/mol. The molecule has 0 fully saturated rings. The van der Waals surface area contributed by atoms with Crippen LogP contribution in [0.15, 0.2) is 18.2 Å².